The van der Waals surface area contributed by atoms with E-state index in [9.17, 15) is 14.7 Å². The molecule has 0 bridgehead atoms. The molecule has 0 aliphatic carbocycles. The van der Waals surface area contributed by atoms with Gasteiger partial charge in [-0.3, -0.25) is 14.6 Å². The first-order valence-corrected chi connectivity index (χ1v) is 14.1. The summed E-state index contributed by atoms with van der Waals surface area (Å²) in [4.78, 5) is 34.6. The minimum absolute atomic E-state index is 0.00681. The van der Waals surface area contributed by atoms with Gasteiger partial charge in [-0.25, -0.2) is 4.98 Å². The summed E-state index contributed by atoms with van der Waals surface area (Å²) < 4.78 is 12.1. The van der Waals surface area contributed by atoms with Gasteiger partial charge in [-0.1, -0.05) is 54.6 Å². The van der Waals surface area contributed by atoms with Crippen LogP contribution in [-0.4, -0.2) is 45.5 Å². The Labute approximate surface area is 250 Å². The molecule has 218 valence electrons. The zero-order chi connectivity index (χ0) is 30.2. The van der Waals surface area contributed by atoms with Crippen LogP contribution in [0.15, 0.2) is 102 Å². The molecule has 0 spiro atoms. The standard InChI is InChI=1S/C35H33N3O5/c1-24-31(37-34(43-24)28-12-8-11-27(21-28)25-9-4-3-5-10-25)18-20-42-30-16-14-26(15-17-33(39)40)29(22-30)23-38(2)35(41)32-13-6-7-19-36-32/h3-14,16,19,21-22H,15,17-18,20,23H2,1-2H3,(H,39,40). The number of benzene rings is 3. The van der Waals surface area contributed by atoms with Crippen LogP contribution >= 0.6 is 0 Å². The minimum Gasteiger partial charge on any atom is -0.493 e. The molecule has 0 aliphatic rings. The third-order valence-corrected chi connectivity index (χ3v) is 7.14. The number of carbonyl (C=O) groups excluding carboxylic acids is 1. The molecule has 8 heteroatoms. The number of aromatic nitrogens is 2. The lowest BCUT2D eigenvalue weighted by Crippen LogP contribution is -2.27. The van der Waals surface area contributed by atoms with Gasteiger partial charge in [0.2, 0.25) is 5.89 Å². The van der Waals surface area contributed by atoms with Gasteiger partial charge in [0.05, 0.1) is 12.3 Å². The molecular formula is C35H33N3O5. The Balaban J connectivity index is 1.26. The molecule has 1 N–H and O–H groups in total. The number of oxazole rings is 1. The van der Waals surface area contributed by atoms with Crippen LogP contribution in [0.5, 0.6) is 5.75 Å². The molecule has 5 rings (SSSR count). The number of hydrogen-bond donors (Lipinski definition) is 1. The molecule has 0 atom stereocenters. The lowest BCUT2D eigenvalue weighted by molar-refractivity contribution is -0.136. The van der Waals surface area contributed by atoms with Crippen molar-refractivity contribution in [2.45, 2.75) is 32.7 Å². The summed E-state index contributed by atoms with van der Waals surface area (Å²) in [5.41, 5.74) is 5.96. The fourth-order valence-corrected chi connectivity index (χ4v) is 4.85. The van der Waals surface area contributed by atoms with Crippen molar-refractivity contribution in [1.29, 1.82) is 0 Å². The van der Waals surface area contributed by atoms with Crippen molar-refractivity contribution in [3.63, 3.8) is 0 Å². The third-order valence-electron chi connectivity index (χ3n) is 7.14. The van der Waals surface area contributed by atoms with Crippen LogP contribution in [0, 0.1) is 6.92 Å². The lowest BCUT2D eigenvalue weighted by atomic mass is 10.0. The van der Waals surface area contributed by atoms with E-state index >= 15 is 0 Å². The molecule has 0 unspecified atom stereocenters. The van der Waals surface area contributed by atoms with E-state index in [1.54, 1.807) is 36.3 Å². The average molecular weight is 576 g/mol. The van der Waals surface area contributed by atoms with Crippen LogP contribution in [0.4, 0.5) is 0 Å². The SMILES string of the molecule is Cc1oc(-c2cccc(-c3ccccc3)c2)nc1CCOc1ccc(CCC(=O)O)c(CN(C)C(=O)c2ccccn2)c1. The maximum absolute atomic E-state index is 12.9. The summed E-state index contributed by atoms with van der Waals surface area (Å²) in [6.07, 6.45) is 2.47. The van der Waals surface area contributed by atoms with Gasteiger partial charge >= 0.3 is 5.97 Å². The number of hydrogen-bond acceptors (Lipinski definition) is 6. The Kier molecular flexibility index (Phi) is 9.26. The summed E-state index contributed by atoms with van der Waals surface area (Å²) >= 11 is 0. The van der Waals surface area contributed by atoms with Crippen molar-refractivity contribution in [1.82, 2.24) is 14.9 Å². The highest BCUT2D eigenvalue weighted by Gasteiger charge is 2.17. The van der Waals surface area contributed by atoms with Gasteiger partial charge < -0.3 is 19.2 Å². The number of aliphatic carboxylic acids is 1. The number of pyridine rings is 1. The molecule has 0 saturated carbocycles. The normalized spacial score (nSPS) is 10.8. The molecule has 0 radical (unpaired) electrons. The number of carbonyl (C=O) groups is 2. The summed E-state index contributed by atoms with van der Waals surface area (Å²) in [7, 11) is 1.70. The molecule has 2 aromatic heterocycles. The lowest BCUT2D eigenvalue weighted by Gasteiger charge is -2.20. The molecule has 43 heavy (non-hydrogen) atoms. The van der Waals surface area contributed by atoms with Crippen molar-refractivity contribution in [2.24, 2.45) is 0 Å². The van der Waals surface area contributed by atoms with E-state index in [0.717, 1.165) is 39.3 Å². The van der Waals surface area contributed by atoms with E-state index in [4.69, 9.17) is 14.1 Å². The number of amides is 1. The van der Waals surface area contributed by atoms with E-state index in [0.29, 0.717) is 36.8 Å². The molecule has 5 aromatic rings. The van der Waals surface area contributed by atoms with Gasteiger partial charge in [0.15, 0.2) is 0 Å². The number of carboxylic acids is 1. The molecule has 0 saturated heterocycles. The van der Waals surface area contributed by atoms with E-state index in [1.165, 1.54) is 0 Å². The Morgan fingerprint density at radius 3 is 2.40 bits per heavy atom. The second kappa shape index (κ2) is 13.6. The monoisotopic (exact) mass is 575 g/mol. The smallest absolute Gasteiger partial charge is 0.303 e. The summed E-state index contributed by atoms with van der Waals surface area (Å²) in [5, 5.41) is 9.21. The number of carboxylic acid groups (broad SMARTS) is 1. The molecule has 8 nitrogen and oxygen atoms in total. The van der Waals surface area contributed by atoms with Crippen LogP contribution in [0.1, 0.15) is 39.5 Å². The van der Waals surface area contributed by atoms with Gasteiger partial charge in [-0.15, -0.1) is 0 Å². The Hall–Kier alpha value is -5.24. The predicted molar refractivity (Wildman–Crippen MR) is 164 cm³/mol. The van der Waals surface area contributed by atoms with Crippen molar-refractivity contribution >= 4 is 11.9 Å². The van der Waals surface area contributed by atoms with E-state index < -0.39 is 5.97 Å². The Morgan fingerprint density at radius 2 is 1.63 bits per heavy atom. The highest BCUT2D eigenvalue weighted by atomic mass is 16.5. The zero-order valence-corrected chi connectivity index (χ0v) is 24.2. The molecule has 3 aromatic carbocycles. The second-order valence-corrected chi connectivity index (χ2v) is 10.3. The largest absolute Gasteiger partial charge is 0.493 e. The van der Waals surface area contributed by atoms with Gasteiger partial charge in [0.25, 0.3) is 5.91 Å². The highest BCUT2D eigenvalue weighted by molar-refractivity contribution is 5.92. The zero-order valence-electron chi connectivity index (χ0n) is 24.2. The molecular weight excluding hydrogens is 542 g/mol. The number of nitrogens with zero attached hydrogens (tertiary/aromatic N) is 3. The van der Waals surface area contributed by atoms with Crippen molar-refractivity contribution in [2.75, 3.05) is 13.7 Å². The molecule has 1 amide bonds. The van der Waals surface area contributed by atoms with Crippen LogP contribution in [-0.2, 0) is 24.2 Å². The topological polar surface area (TPSA) is 106 Å². The van der Waals surface area contributed by atoms with Crippen LogP contribution < -0.4 is 4.74 Å². The quantitative estimate of drug-likeness (QED) is 0.178. The maximum atomic E-state index is 12.9. The van der Waals surface area contributed by atoms with Crippen LogP contribution in [0.3, 0.4) is 0 Å². The van der Waals surface area contributed by atoms with Crippen LogP contribution in [0.2, 0.25) is 0 Å². The van der Waals surface area contributed by atoms with Gasteiger partial charge in [-0.05, 0) is 72.0 Å². The van der Waals surface area contributed by atoms with Crippen molar-refractivity contribution in [3.8, 4) is 28.3 Å². The highest BCUT2D eigenvalue weighted by Crippen LogP contribution is 2.28. The fraction of sp³-hybridized carbons (Fsp3) is 0.200. The summed E-state index contributed by atoms with van der Waals surface area (Å²) in [5.74, 6) is 0.838. The third kappa shape index (κ3) is 7.54. The average Bonchev–Trinajstić information content (AvgIpc) is 3.41. The molecule has 0 fully saturated rings. The number of rotatable bonds is 12. The number of ether oxygens (including phenoxy) is 1. The van der Waals surface area contributed by atoms with Crippen molar-refractivity contribution < 1.29 is 23.8 Å². The first kappa shape index (κ1) is 29.3. The van der Waals surface area contributed by atoms with Crippen molar-refractivity contribution in [3.05, 3.63) is 125 Å². The first-order chi connectivity index (χ1) is 20.9. The maximum Gasteiger partial charge on any atom is 0.303 e. The Morgan fingerprint density at radius 1 is 0.860 bits per heavy atom. The summed E-state index contributed by atoms with van der Waals surface area (Å²) in [6.45, 7) is 2.56. The van der Waals surface area contributed by atoms with E-state index in [2.05, 4.69) is 29.2 Å². The second-order valence-electron chi connectivity index (χ2n) is 10.3. The molecule has 2 heterocycles. The fourth-order valence-electron chi connectivity index (χ4n) is 4.85. The van der Waals surface area contributed by atoms with E-state index in [-0.39, 0.29) is 18.9 Å². The Bertz CT molecular complexity index is 1700. The predicted octanol–water partition coefficient (Wildman–Crippen LogP) is 6.62. The summed E-state index contributed by atoms with van der Waals surface area (Å²) in [6, 6.07) is 29.1. The number of aryl methyl sites for hydroxylation is 2. The van der Waals surface area contributed by atoms with Crippen LogP contribution in [0.25, 0.3) is 22.6 Å². The van der Waals surface area contributed by atoms with Gasteiger partial charge in [0.1, 0.15) is 17.2 Å². The van der Waals surface area contributed by atoms with E-state index in [1.807, 2.05) is 55.5 Å². The minimum atomic E-state index is -0.877. The molecule has 0 aliphatic heterocycles. The van der Waals surface area contributed by atoms with Gasteiger partial charge in [-0.2, -0.15) is 0 Å². The van der Waals surface area contributed by atoms with Gasteiger partial charge in [0, 0.05) is 38.2 Å². The first-order valence-electron chi connectivity index (χ1n) is 14.1.